The quantitative estimate of drug-likeness (QED) is 0.662. The van der Waals surface area contributed by atoms with Gasteiger partial charge in [0.05, 0.1) is 0 Å². The summed E-state index contributed by atoms with van der Waals surface area (Å²) in [4.78, 5) is 0. The van der Waals surface area contributed by atoms with Gasteiger partial charge in [-0.05, 0) is 36.6 Å². The number of nitrogens with two attached hydrogens (primary N) is 2. The third kappa shape index (κ3) is 1.98. The Kier molecular flexibility index (Phi) is 3.11. The molecule has 1 rings (SSSR count). The van der Waals surface area contributed by atoms with E-state index in [1.807, 2.05) is 6.07 Å². The molecule has 0 saturated carbocycles. The van der Waals surface area contributed by atoms with E-state index in [1.54, 1.807) is 0 Å². The Bertz CT molecular complexity index is 256. The first-order chi connectivity index (χ1) is 5.77. The lowest BCUT2D eigenvalue weighted by Crippen LogP contribution is -2.03. The zero-order valence-electron chi connectivity index (χ0n) is 7.51. The molecular formula is C10H16N2. The van der Waals surface area contributed by atoms with Crippen molar-refractivity contribution in [2.45, 2.75) is 19.8 Å². The van der Waals surface area contributed by atoms with Crippen molar-refractivity contribution in [3.63, 3.8) is 0 Å². The van der Waals surface area contributed by atoms with Crippen molar-refractivity contribution in [2.24, 2.45) is 5.73 Å². The maximum Gasteiger partial charge on any atom is 0.0349 e. The molecule has 0 aliphatic carbocycles. The van der Waals surface area contributed by atoms with Crippen molar-refractivity contribution in [3.05, 3.63) is 29.3 Å². The Hall–Kier alpha value is -1.02. The maximum absolute atomic E-state index is 5.82. The SMILES string of the molecule is CCc1ccc(CCN)cc1N. The molecule has 2 nitrogen and oxygen atoms in total. The van der Waals surface area contributed by atoms with Crippen molar-refractivity contribution in [2.75, 3.05) is 12.3 Å². The normalized spacial score (nSPS) is 10.2. The fraction of sp³-hybridized carbons (Fsp3) is 0.400. The van der Waals surface area contributed by atoms with Gasteiger partial charge in [-0.15, -0.1) is 0 Å². The molecule has 0 amide bonds. The van der Waals surface area contributed by atoms with Gasteiger partial charge in [-0.3, -0.25) is 0 Å². The van der Waals surface area contributed by atoms with E-state index in [2.05, 4.69) is 19.1 Å². The molecule has 0 fully saturated rings. The van der Waals surface area contributed by atoms with Gasteiger partial charge in [0.15, 0.2) is 0 Å². The van der Waals surface area contributed by atoms with Crippen LogP contribution in [0.25, 0.3) is 0 Å². The number of hydrogen-bond acceptors (Lipinski definition) is 2. The van der Waals surface area contributed by atoms with Crippen molar-refractivity contribution < 1.29 is 0 Å². The lowest BCUT2D eigenvalue weighted by Gasteiger charge is -2.05. The lowest BCUT2D eigenvalue weighted by molar-refractivity contribution is 0.966. The van der Waals surface area contributed by atoms with Crippen LogP contribution >= 0.6 is 0 Å². The van der Waals surface area contributed by atoms with E-state index in [-0.39, 0.29) is 0 Å². The third-order valence-electron chi connectivity index (χ3n) is 2.02. The summed E-state index contributed by atoms with van der Waals surface area (Å²) in [6.45, 7) is 2.79. The third-order valence-corrected chi connectivity index (χ3v) is 2.02. The summed E-state index contributed by atoms with van der Waals surface area (Å²) < 4.78 is 0. The second-order valence-corrected chi connectivity index (χ2v) is 2.93. The van der Waals surface area contributed by atoms with Crippen LogP contribution in [0, 0.1) is 0 Å². The topological polar surface area (TPSA) is 52.0 Å². The molecule has 0 unspecified atom stereocenters. The van der Waals surface area contributed by atoms with E-state index >= 15 is 0 Å². The number of nitrogen functional groups attached to an aromatic ring is 1. The van der Waals surface area contributed by atoms with Gasteiger partial charge in [0.1, 0.15) is 0 Å². The van der Waals surface area contributed by atoms with Gasteiger partial charge in [0, 0.05) is 5.69 Å². The second kappa shape index (κ2) is 4.12. The highest BCUT2D eigenvalue weighted by Crippen LogP contribution is 2.14. The first-order valence-electron chi connectivity index (χ1n) is 4.35. The molecule has 1 aromatic carbocycles. The Balaban J connectivity index is 2.86. The molecule has 0 aliphatic heterocycles. The van der Waals surface area contributed by atoms with Gasteiger partial charge in [-0.1, -0.05) is 19.1 Å². The molecule has 66 valence electrons. The molecule has 12 heavy (non-hydrogen) atoms. The number of aryl methyl sites for hydroxylation is 1. The van der Waals surface area contributed by atoms with E-state index in [4.69, 9.17) is 11.5 Å². The van der Waals surface area contributed by atoms with E-state index in [0.29, 0.717) is 6.54 Å². The average Bonchev–Trinajstić information content (AvgIpc) is 2.05. The average molecular weight is 164 g/mol. The van der Waals surface area contributed by atoms with E-state index in [1.165, 1.54) is 11.1 Å². The molecule has 0 spiro atoms. The van der Waals surface area contributed by atoms with Crippen LogP contribution < -0.4 is 11.5 Å². The largest absolute Gasteiger partial charge is 0.398 e. The molecule has 0 atom stereocenters. The number of benzene rings is 1. The number of rotatable bonds is 3. The Morgan fingerprint density at radius 2 is 2.08 bits per heavy atom. The van der Waals surface area contributed by atoms with Crippen LogP contribution in [0.4, 0.5) is 5.69 Å². The van der Waals surface area contributed by atoms with E-state index < -0.39 is 0 Å². The standard InChI is InChI=1S/C10H16N2/c1-2-9-4-3-8(5-6-11)7-10(9)12/h3-4,7H,2,5-6,11-12H2,1H3. The number of anilines is 1. The van der Waals surface area contributed by atoms with Gasteiger partial charge in [0.25, 0.3) is 0 Å². The van der Waals surface area contributed by atoms with Crippen LogP contribution in [-0.2, 0) is 12.8 Å². The maximum atomic E-state index is 5.82. The highest BCUT2D eigenvalue weighted by molar-refractivity contribution is 5.49. The van der Waals surface area contributed by atoms with Crippen LogP contribution in [0.15, 0.2) is 18.2 Å². The highest BCUT2D eigenvalue weighted by atomic mass is 14.6. The highest BCUT2D eigenvalue weighted by Gasteiger charge is 1.97. The van der Waals surface area contributed by atoms with Crippen molar-refractivity contribution in [1.29, 1.82) is 0 Å². The van der Waals surface area contributed by atoms with Crippen molar-refractivity contribution in [3.8, 4) is 0 Å². The Morgan fingerprint density at radius 1 is 1.33 bits per heavy atom. The van der Waals surface area contributed by atoms with Gasteiger partial charge >= 0.3 is 0 Å². The summed E-state index contributed by atoms with van der Waals surface area (Å²) in [6, 6.07) is 6.20. The molecule has 0 bridgehead atoms. The molecule has 0 heterocycles. The molecule has 0 aliphatic rings. The fourth-order valence-electron chi connectivity index (χ4n) is 1.29. The molecular weight excluding hydrogens is 148 g/mol. The second-order valence-electron chi connectivity index (χ2n) is 2.93. The predicted molar refractivity (Wildman–Crippen MR) is 53.0 cm³/mol. The fourth-order valence-corrected chi connectivity index (χ4v) is 1.29. The molecule has 2 heteroatoms. The summed E-state index contributed by atoms with van der Waals surface area (Å²) in [5.41, 5.74) is 14.6. The first-order valence-corrected chi connectivity index (χ1v) is 4.35. The van der Waals surface area contributed by atoms with E-state index in [0.717, 1.165) is 18.5 Å². The lowest BCUT2D eigenvalue weighted by atomic mass is 10.1. The Labute approximate surface area is 73.6 Å². The van der Waals surface area contributed by atoms with Gasteiger partial charge in [0.2, 0.25) is 0 Å². The summed E-state index contributed by atoms with van der Waals surface area (Å²) in [7, 11) is 0. The minimum atomic E-state index is 0.685. The van der Waals surface area contributed by atoms with Gasteiger partial charge in [-0.25, -0.2) is 0 Å². The smallest absolute Gasteiger partial charge is 0.0349 e. The Morgan fingerprint density at radius 3 is 2.58 bits per heavy atom. The summed E-state index contributed by atoms with van der Waals surface area (Å²) in [5, 5.41) is 0. The predicted octanol–water partition coefficient (Wildman–Crippen LogP) is 1.33. The van der Waals surface area contributed by atoms with E-state index in [9.17, 15) is 0 Å². The molecule has 1 aromatic rings. The van der Waals surface area contributed by atoms with Crippen LogP contribution in [0.5, 0.6) is 0 Å². The zero-order chi connectivity index (χ0) is 8.97. The summed E-state index contributed by atoms with van der Waals surface area (Å²) >= 11 is 0. The monoisotopic (exact) mass is 164 g/mol. The van der Waals surface area contributed by atoms with Gasteiger partial charge in [-0.2, -0.15) is 0 Å². The molecule has 0 saturated heterocycles. The molecule has 0 aromatic heterocycles. The van der Waals surface area contributed by atoms with Crippen molar-refractivity contribution >= 4 is 5.69 Å². The minimum absolute atomic E-state index is 0.685. The van der Waals surface area contributed by atoms with Crippen LogP contribution in [0.2, 0.25) is 0 Å². The van der Waals surface area contributed by atoms with Crippen LogP contribution in [0.1, 0.15) is 18.1 Å². The number of hydrogen-bond donors (Lipinski definition) is 2. The molecule has 0 radical (unpaired) electrons. The summed E-state index contributed by atoms with van der Waals surface area (Å²) in [6.07, 6.45) is 1.91. The van der Waals surface area contributed by atoms with Gasteiger partial charge < -0.3 is 11.5 Å². The summed E-state index contributed by atoms with van der Waals surface area (Å²) in [5.74, 6) is 0. The zero-order valence-corrected chi connectivity index (χ0v) is 7.51. The minimum Gasteiger partial charge on any atom is -0.398 e. The van der Waals surface area contributed by atoms with Crippen LogP contribution in [-0.4, -0.2) is 6.54 Å². The van der Waals surface area contributed by atoms with Crippen molar-refractivity contribution in [1.82, 2.24) is 0 Å². The first kappa shape index (κ1) is 9.07. The van der Waals surface area contributed by atoms with Crippen LogP contribution in [0.3, 0.4) is 0 Å². The molecule has 4 N–H and O–H groups in total.